The minimum absolute atomic E-state index is 0.0422. The molecule has 2 atom stereocenters. The molecule has 2 aromatic heterocycles. The summed E-state index contributed by atoms with van der Waals surface area (Å²) in [6, 6.07) is 9.29. The van der Waals surface area contributed by atoms with Gasteiger partial charge in [0.25, 0.3) is 11.8 Å². The minimum atomic E-state index is -0.817. The van der Waals surface area contributed by atoms with Crippen molar-refractivity contribution in [1.82, 2.24) is 30.6 Å². The van der Waals surface area contributed by atoms with Gasteiger partial charge < -0.3 is 34.3 Å². The van der Waals surface area contributed by atoms with E-state index in [2.05, 4.69) is 20.8 Å². The van der Waals surface area contributed by atoms with Gasteiger partial charge in [0.05, 0.1) is 19.4 Å². The normalized spacial score (nSPS) is 19.7. The van der Waals surface area contributed by atoms with Crippen LogP contribution in [0.2, 0.25) is 0 Å². The zero-order valence-corrected chi connectivity index (χ0v) is 27.1. The van der Waals surface area contributed by atoms with Gasteiger partial charge in [-0.15, -0.1) is 0 Å². The first-order valence-corrected chi connectivity index (χ1v) is 16.8. The molecule has 0 spiro atoms. The standard InChI is InChI=1S/C32H40N6O7S/c1-20-7-9-26(44-20)23-17-24(36-35-23)32(42)38-18-22-16-25(38)31(41)34-11-4-5-13-37(29(39)19-46-3)14-6-12-33-30(40)21-8-10-27(43-2)28(15-21)45-22/h7-10,15,17,22,25H,4-6,11-14,16,18-19H2,1-3H3,(H,33,40)(H,34,41)(H,35,36)/t22-,25-/m0/s1. The lowest BCUT2D eigenvalue weighted by Gasteiger charge is -2.24. The molecule has 3 N–H and O–H groups in total. The quantitative estimate of drug-likeness (QED) is 0.377. The number of H-pyrrole nitrogens is 1. The summed E-state index contributed by atoms with van der Waals surface area (Å²) >= 11 is 1.47. The number of rotatable bonds is 5. The van der Waals surface area contributed by atoms with Crippen LogP contribution in [0.15, 0.2) is 40.8 Å². The number of benzene rings is 1. The topological polar surface area (TPSA) is 159 Å². The zero-order chi connectivity index (χ0) is 32.6. The summed E-state index contributed by atoms with van der Waals surface area (Å²) in [5.41, 5.74) is 1.06. The lowest BCUT2D eigenvalue weighted by Crippen LogP contribution is -2.46. The number of carbonyl (C=O) groups excluding carboxylic acids is 4. The predicted molar refractivity (Wildman–Crippen MR) is 172 cm³/mol. The molecular formula is C32H40N6O7S. The molecule has 1 aromatic carbocycles. The zero-order valence-electron chi connectivity index (χ0n) is 26.3. The van der Waals surface area contributed by atoms with Gasteiger partial charge in [0.15, 0.2) is 23.0 Å². The van der Waals surface area contributed by atoms with Crippen molar-refractivity contribution in [3.63, 3.8) is 0 Å². The van der Waals surface area contributed by atoms with E-state index in [0.717, 1.165) is 5.76 Å². The molecule has 0 saturated carbocycles. The molecule has 2 aliphatic rings. The SMILES string of the molecule is COc1ccc2cc1O[C@H]1C[C@@H](C(=O)NCCCCN(C(=O)CSC)CCCNC2=O)N(C(=O)c2cc(-c3ccc(C)o3)[nH]n2)C1. The van der Waals surface area contributed by atoms with Gasteiger partial charge in [-0.05, 0) is 62.8 Å². The van der Waals surface area contributed by atoms with E-state index in [9.17, 15) is 19.2 Å². The van der Waals surface area contributed by atoms with Crippen molar-refractivity contribution in [2.75, 3.05) is 51.8 Å². The van der Waals surface area contributed by atoms with Gasteiger partial charge in [-0.1, -0.05) is 0 Å². The molecule has 4 heterocycles. The maximum Gasteiger partial charge on any atom is 0.275 e. The summed E-state index contributed by atoms with van der Waals surface area (Å²) in [6.07, 6.45) is 3.51. The molecule has 0 aliphatic carbocycles. The molecule has 1 fully saturated rings. The summed E-state index contributed by atoms with van der Waals surface area (Å²) in [5.74, 6) is 1.43. The fourth-order valence-corrected chi connectivity index (χ4v) is 6.07. The number of methoxy groups -OCH3 is 1. The fourth-order valence-electron chi connectivity index (χ4n) is 5.64. The molecule has 5 rings (SSSR count). The van der Waals surface area contributed by atoms with Crippen molar-refractivity contribution in [1.29, 1.82) is 0 Å². The van der Waals surface area contributed by atoms with Gasteiger partial charge >= 0.3 is 0 Å². The van der Waals surface area contributed by atoms with Crippen molar-refractivity contribution in [3.8, 4) is 23.0 Å². The first-order valence-electron chi connectivity index (χ1n) is 15.4. The van der Waals surface area contributed by atoms with Gasteiger partial charge in [0.2, 0.25) is 11.8 Å². The second-order valence-electron chi connectivity index (χ2n) is 11.3. The first-order chi connectivity index (χ1) is 22.3. The van der Waals surface area contributed by atoms with Gasteiger partial charge in [-0.2, -0.15) is 16.9 Å². The molecule has 46 heavy (non-hydrogen) atoms. The van der Waals surface area contributed by atoms with E-state index < -0.39 is 18.1 Å². The Bertz CT molecular complexity index is 1550. The largest absolute Gasteiger partial charge is 0.493 e. The van der Waals surface area contributed by atoms with E-state index >= 15 is 0 Å². The molecule has 3 aromatic rings. The Hall–Kier alpha value is -4.46. The van der Waals surface area contributed by atoms with Crippen molar-refractivity contribution in [2.45, 2.75) is 44.8 Å². The maximum absolute atomic E-state index is 13.8. The predicted octanol–water partition coefficient (Wildman–Crippen LogP) is 2.87. The number of ether oxygens (including phenoxy) is 2. The van der Waals surface area contributed by atoms with Crippen molar-refractivity contribution in [2.24, 2.45) is 0 Å². The number of hydrogen-bond acceptors (Lipinski definition) is 9. The van der Waals surface area contributed by atoms with Crippen LogP contribution in [0.1, 0.15) is 52.3 Å². The van der Waals surface area contributed by atoms with Crippen LogP contribution in [0.4, 0.5) is 0 Å². The molecule has 4 amide bonds. The number of nitrogens with one attached hydrogen (secondary N) is 3. The highest BCUT2D eigenvalue weighted by atomic mass is 32.2. The molecular weight excluding hydrogens is 612 g/mol. The molecule has 0 radical (unpaired) electrons. The average molecular weight is 653 g/mol. The highest BCUT2D eigenvalue weighted by molar-refractivity contribution is 7.99. The van der Waals surface area contributed by atoms with Crippen molar-refractivity contribution < 1.29 is 33.1 Å². The van der Waals surface area contributed by atoms with Gasteiger partial charge in [0.1, 0.15) is 23.6 Å². The van der Waals surface area contributed by atoms with Crippen LogP contribution in [0.25, 0.3) is 11.5 Å². The first kappa shape index (κ1) is 32.9. The van der Waals surface area contributed by atoms with Gasteiger partial charge in [-0.25, -0.2) is 0 Å². The summed E-state index contributed by atoms with van der Waals surface area (Å²) < 4.78 is 17.5. The minimum Gasteiger partial charge on any atom is -0.493 e. The third-order valence-corrected chi connectivity index (χ3v) is 8.55. The lowest BCUT2D eigenvalue weighted by molar-refractivity contribution is -0.128. The lowest BCUT2D eigenvalue weighted by atomic mass is 10.1. The molecule has 13 nitrogen and oxygen atoms in total. The number of likely N-dealkylation sites (tertiary alicyclic amines) is 1. The van der Waals surface area contributed by atoms with Crippen molar-refractivity contribution in [3.05, 3.63) is 53.4 Å². The number of furan rings is 1. The van der Waals surface area contributed by atoms with Gasteiger partial charge in [0, 0.05) is 44.2 Å². The van der Waals surface area contributed by atoms with Crippen LogP contribution < -0.4 is 20.1 Å². The molecule has 0 unspecified atom stereocenters. The number of aromatic amines is 1. The number of amides is 4. The van der Waals surface area contributed by atoms with Crippen LogP contribution in [0, 0.1) is 6.92 Å². The highest BCUT2D eigenvalue weighted by Gasteiger charge is 2.42. The van der Waals surface area contributed by atoms with E-state index in [1.165, 1.54) is 23.8 Å². The fraction of sp³-hybridized carbons (Fsp3) is 0.469. The summed E-state index contributed by atoms with van der Waals surface area (Å²) in [7, 11) is 1.50. The molecule has 2 aliphatic heterocycles. The number of fused-ring (bicyclic) bond motifs is 4. The Balaban J connectivity index is 1.39. The summed E-state index contributed by atoms with van der Waals surface area (Å²) in [4.78, 5) is 56.3. The highest BCUT2D eigenvalue weighted by Crippen LogP contribution is 2.33. The van der Waals surface area contributed by atoms with E-state index in [1.807, 2.05) is 24.1 Å². The van der Waals surface area contributed by atoms with Crippen LogP contribution in [0.3, 0.4) is 0 Å². The number of carbonyl (C=O) groups is 4. The van der Waals surface area contributed by atoms with E-state index in [1.54, 1.807) is 30.3 Å². The van der Waals surface area contributed by atoms with Gasteiger partial charge in [-0.3, -0.25) is 24.3 Å². The Labute approximate surface area is 271 Å². The third kappa shape index (κ3) is 7.84. The Morgan fingerprint density at radius 1 is 1.07 bits per heavy atom. The molecule has 1 saturated heterocycles. The second-order valence-corrected chi connectivity index (χ2v) is 12.2. The molecule has 246 valence electrons. The van der Waals surface area contributed by atoms with Crippen LogP contribution in [-0.4, -0.2) is 108 Å². The van der Waals surface area contributed by atoms with Crippen LogP contribution >= 0.6 is 11.8 Å². The van der Waals surface area contributed by atoms with Crippen LogP contribution in [-0.2, 0) is 9.59 Å². The number of hydrogen-bond donors (Lipinski definition) is 3. The average Bonchev–Trinajstić information content (AvgIpc) is 3.81. The number of aromatic nitrogens is 2. The molecule has 4 bridgehead atoms. The number of nitrogens with zero attached hydrogens (tertiary/aromatic N) is 3. The second kappa shape index (κ2) is 15.2. The van der Waals surface area contributed by atoms with Crippen molar-refractivity contribution >= 4 is 35.4 Å². The van der Waals surface area contributed by atoms with E-state index in [4.69, 9.17) is 13.9 Å². The maximum atomic E-state index is 13.8. The molecule has 14 heteroatoms. The summed E-state index contributed by atoms with van der Waals surface area (Å²) in [6.45, 7) is 3.79. The Morgan fingerprint density at radius 3 is 2.63 bits per heavy atom. The number of aryl methyl sites for hydroxylation is 1. The smallest absolute Gasteiger partial charge is 0.275 e. The number of thioether (sulfide) groups is 1. The van der Waals surface area contributed by atoms with E-state index in [-0.39, 0.29) is 36.4 Å². The van der Waals surface area contributed by atoms with E-state index in [0.29, 0.717) is 79.7 Å². The Kier molecular flexibility index (Phi) is 10.9. The summed E-state index contributed by atoms with van der Waals surface area (Å²) in [5, 5.41) is 13.0. The van der Waals surface area contributed by atoms with Crippen LogP contribution in [0.5, 0.6) is 11.5 Å². The third-order valence-electron chi connectivity index (χ3n) is 8.01. The Morgan fingerprint density at radius 2 is 1.87 bits per heavy atom. The monoisotopic (exact) mass is 652 g/mol.